The van der Waals surface area contributed by atoms with E-state index in [1.165, 1.54) is 29.7 Å². The molecule has 0 bridgehead atoms. The number of anilines is 1. The second-order valence-corrected chi connectivity index (χ2v) is 4.54. The van der Waals surface area contributed by atoms with Gasteiger partial charge in [-0.05, 0) is 24.6 Å². The van der Waals surface area contributed by atoms with E-state index in [1.807, 2.05) is 0 Å². The van der Waals surface area contributed by atoms with E-state index in [2.05, 4.69) is 15.5 Å². The van der Waals surface area contributed by atoms with E-state index in [9.17, 15) is 9.18 Å². The molecule has 0 saturated carbocycles. The average molecular weight is 293 g/mol. The van der Waals surface area contributed by atoms with Crippen LogP contribution in [0.5, 0.6) is 0 Å². The molecule has 1 aromatic carbocycles. The molecule has 1 heterocycles. The fraction of sp³-hybridized carbons (Fsp3) is 0.154. The zero-order valence-electron chi connectivity index (χ0n) is 10.7. The Morgan fingerprint density at radius 1 is 1.50 bits per heavy atom. The largest absolute Gasteiger partial charge is 0.461 e. The number of nitrogens with one attached hydrogen (secondary N) is 1. The zero-order valence-corrected chi connectivity index (χ0v) is 11.5. The molecule has 7 heteroatoms. The van der Waals surface area contributed by atoms with Crippen LogP contribution in [-0.2, 0) is 4.74 Å². The number of rotatable bonds is 5. The molecular formula is C13H12FN3O2S. The van der Waals surface area contributed by atoms with Crippen LogP contribution in [0.15, 0.2) is 34.7 Å². The lowest BCUT2D eigenvalue weighted by Gasteiger charge is -1.96. The van der Waals surface area contributed by atoms with Crippen molar-refractivity contribution in [3.8, 4) is 0 Å². The maximum absolute atomic E-state index is 12.7. The first kappa shape index (κ1) is 14.1. The minimum Gasteiger partial charge on any atom is -0.461 e. The van der Waals surface area contributed by atoms with E-state index in [1.54, 1.807) is 24.4 Å². The van der Waals surface area contributed by atoms with Gasteiger partial charge in [0, 0.05) is 5.38 Å². The predicted molar refractivity (Wildman–Crippen MR) is 75.7 cm³/mol. The first-order valence-corrected chi connectivity index (χ1v) is 6.74. The van der Waals surface area contributed by atoms with Gasteiger partial charge in [0.25, 0.3) is 0 Å². The molecule has 104 valence electrons. The molecule has 5 nitrogen and oxygen atoms in total. The molecule has 0 unspecified atom stereocenters. The van der Waals surface area contributed by atoms with E-state index in [0.717, 1.165) is 5.56 Å². The van der Waals surface area contributed by atoms with E-state index in [4.69, 9.17) is 4.74 Å². The third kappa shape index (κ3) is 3.86. The summed E-state index contributed by atoms with van der Waals surface area (Å²) in [7, 11) is 0. The topological polar surface area (TPSA) is 63.6 Å². The van der Waals surface area contributed by atoms with Gasteiger partial charge in [-0.3, -0.25) is 5.43 Å². The minimum atomic E-state index is -0.459. The van der Waals surface area contributed by atoms with Crippen LogP contribution in [0.1, 0.15) is 23.0 Å². The summed E-state index contributed by atoms with van der Waals surface area (Å²) in [5, 5.41) is 6.03. The number of aromatic nitrogens is 1. The number of thiazole rings is 1. The number of halogens is 1. The molecule has 0 saturated heterocycles. The number of carbonyl (C=O) groups excluding carboxylic acids is 1. The van der Waals surface area contributed by atoms with Gasteiger partial charge in [0.1, 0.15) is 5.82 Å². The number of esters is 1. The van der Waals surface area contributed by atoms with Gasteiger partial charge in [-0.1, -0.05) is 12.1 Å². The van der Waals surface area contributed by atoms with Crippen LogP contribution < -0.4 is 5.43 Å². The molecule has 20 heavy (non-hydrogen) atoms. The Hall–Kier alpha value is -2.28. The van der Waals surface area contributed by atoms with Crippen LogP contribution in [0.3, 0.4) is 0 Å². The molecule has 2 aromatic rings. The van der Waals surface area contributed by atoms with Crippen LogP contribution in [0.4, 0.5) is 9.52 Å². The van der Waals surface area contributed by atoms with E-state index in [-0.39, 0.29) is 11.5 Å². The van der Waals surface area contributed by atoms with Crippen LogP contribution >= 0.6 is 11.3 Å². The van der Waals surface area contributed by atoms with Crippen molar-refractivity contribution >= 4 is 28.7 Å². The first-order chi connectivity index (χ1) is 9.69. The zero-order chi connectivity index (χ0) is 14.4. The number of hydrogen-bond acceptors (Lipinski definition) is 6. The summed E-state index contributed by atoms with van der Waals surface area (Å²) < 4.78 is 17.5. The average Bonchev–Trinajstić information content (AvgIpc) is 2.90. The Morgan fingerprint density at radius 3 is 2.95 bits per heavy atom. The molecule has 0 aliphatic carbocycles. The Morgan fingerprint density at radius 2 is 2.25 bits per heavy atom. The van der Waals surface area contributed by atoms with Gasteiger partial charge in [-0.15, -0.1) is 11.3 Å². The molecule has 0 aliphatic rings. The molecule has 0 atom stereocenters. The van der Waals surface area contributed by atoms with Crippen molar-refractivity contribution in [2.45, 2.75) is 6.92 Å². The van der Waals surface area contributed by atoms with E-state index < -0.39 is 5.97 Å². The highest BCUT2D eigenvalue weighted by molar-refractivity contribution is 7.13. The number of ether oxygens (including phenoxy) is 1. The van der Waals surface area contributed by atoms with Crippen LogP contribution in [0, 0.1) is 5.82 Å². The summed E-state index contributed by atoms with van der Waals surface area (Å²) in [6.07, 6.45) is 1.53. The first-order valence-electron chi connectivity index (χ1n) is 5.86. The second kappa shape index (κ2) is 6.76. The quantitative estimate of drug-likeness (QED) is 0.523. The minimum absolute atomic E-state index is 0.247. The van der Waals surface area contributed by atoms with Gasteiger partial charge in [-0.25, -0.2) is 14.2 Å². The van der Waals surface area contributed by atoms with Gasteiger partial charge in [-0.2, -0.15) is 5.10 Å². The third-order valence-electron chi connectivity index (χ3n) is 2.23. The summed E-state index contributed by atoms with van der Waals surface area (Å²) in [4.78, 5) is 15.4. The summed E-state index contributed by atoms with van der Waals surface area (Å²) in [6, 6.07) is 5.91. The Bertz CT molecular complexity index is 610. The van der Waals surface area contributed by atoms with Crippen molar-refractivity contribution in [2.75, 3.05) is 12.0 Å². The SMILES string of the molecule is CCOC(=O)c1csc(N/N=C/c2ccc(F)cc2)n1. The number of hydrogen-bond donors (Lipinski definition) is 1. The van der Waals surface area contributed by atoms with Crippen molar-refractivity contribution in [2.24, 2.45) is 5.10 Å². The Kier molecular flexibility index (Phi) is 4.78. The molecule has 0 fully saturated rings. The van der Waals surface area contributed by atoms with Crippen molar-refractivity contribution < 1.29 is 13.9 Å². The summed E-state index contributed by atoms with van der Waals surface area (Å²) in [5.74, 6) is -0.756. The number of benzene rings is 1. The summed E-state index contributed by atoms with van der Waals surface area (Å²) >= 11 is 1.24. The van der Waals surface area contributed by atoms with Crippen molar-refractivity contribution in [1.82, 2.24) is 4.98 Å². The lowest BCUT2D eigenvalue weighted by molar-refractivity contribution is 0.0520. The maximum Gasteiger partial charge on any atom is 0.357 e. The number of carbonyl (C=O) groups is 1. The molecule has 0 amide bonds. The van der Waals surface area contributed by atoms with Gasteiger partial charge in [0.05, 0.1) is 12.8 Å². The molecule has 1 aromatic heterocycles. The number of nitrogens with zero attached hydrogens (tertiary/aromatic N) is 2. The molecule has 1 N–H and O–H groups in total. The molecular weight excluding hydrogens is 281 g/mol. The lowest BCUT2D eigenvalue weighted by atomic mass is 10.2. The fourth-order valence-corrected chi connectivity index (χ4v) is 1.96. The van der Waals surface area contributed by atoms with Crippen molar-refractivity contribution in [1.29, 1.82) is 0 Å². The van der Waals surface area contributed by atoms with E-state index in [0.29, 0.717) is 11.7 Å². The second-order valence-electron chi connectivity index (χ2n) is 3.68. The molecule has 2 rings (SSSR count). The van der Waals surface area contributed by atoms with Crippen LogP contribution in [0.2, 0.25) is 0 Å². The highest BCUT2D eigenvalue weighted by atomic mass is 32.1. The van der Waals surface area contributed by atoms with Gasteiger partial charge in [0.15, 0.2) is 5.69 Å². The predicted octanol–water partition coefficient (Wildman–Crippen LogP) is 2.90. The summed E-state index contributed by atoms with van der Waals surface area (Å²) in [5.41, 5.74) is 3.70. The molecule has 0 aliphatic heterocycles. The normalized spacial score (nSPS) is 10.7. The number of hydrazone groups is 1. The summed E-state index contributed by atoms with van der Waals surface area (Å²) in [6.45, 7) is 2.04. The smallest absolute Gasteiger partial charge is 0.357 e. The monoisotopic (exact) mass is 293 g/mol. The Labute approximate surface area is 119 Å². The van der Waals surface area contributed by atoms with Crippen molar-refractivity contribution in [3.63, 3.8) is 0 Å². The fourth-order valence-electron chi connectivity index (χ4n) is 1.33. The van der Waals surface area contributed by atoms with Crippen LogP contribution in [-0.4, -0.2) is 23.8 Å². The van der Waals surface area contributed by atoms with Crippen molar-refractivity contribution in [3.05, 3.63) is 46.7 Å². The molecule has 0 spiro atoms. The third-order valence-corrected chi connectivity index (χ3v) is 2.98. The van der Waals surface area contributed by atoms with Gasteiger partial charge in [0.2, 0.25) is 5.13 Å². The highest BCUT2D eigenvalue weighted by Gasteiger charge is 2.10. The Balaban J connectivity index is 1.94. The lowest BCUT2D eigenvalue weighted by Crippen LogP contribution is -2.04. The maximum atomic E-state index is 12.7. The van der Waals surface area contributed by atoms with Gasteiger partial charge < -0.3 is 4.74 Å². The van der Waals surface area contributed by atoms with Gasteiger partial charge >= 0.3 is 5.97 Å². The molecule has 0 radical (unpaired) electrons. The van der Waals surface area contributed by atoms with Crippen LogP contribution in [0.25, 0.3) is 0 Å². The highest BCUT2D eigenvalue weighted by Crippen LogP contribution is 2.16. The standard InChI is InChI=1S/C13H12FN3O2S/c1-2-19-12(18)11-8-20-13(16-11)17-15-7-9-3-5-10(14)6-4-9/h3-8H,2H2,1H3,(H,16,17)/b15-7+. The van der Waals surface area contributed by atoms with E-state index >= 15 is 0 Å².